The fraction of sp³-hybridized carbons (Fsp3) is 0.500. The first-order chi connectivity index (χ1) is 21.0. The predicted octanol–water partition coefficient (Wildman–Crippen LogP) is 4.11. The molecular formula is C34H44N6O4. The Kier molecular flexibility index (Phi) is 9.20. The Morgan fingerprint density at radius 3 is 2.57 bits per heavy atom. The van der Waals surface area contributed by atoms with E-state index in [4.69, 9.17) is 4.74 Å². The van der Waals surface area contributed by atoms with Crippen LogP contribution in [0.15, 0.2) is 36.7 Å². The minimum Gasteiger partial charge on any atom is -0.496 e. The maximum absolute atomic E-state index is 13.9. The van der Waals surface area contributed by atoms with E-state index in [2.05, 4.69) is 44.1 Å². The molecule has 0 unspecified atom stereocenters. The van der Waals surface area contributed by atoms with Crippen molar-refractivity contribution in [3.05, 3.63) is 53.3 Å². The number of rotatable bonds is 10. The zero-order valence-electron chi connectivity index (χ0n) is 26.6. The molecule has 0 bridgehead atoms. The number of hydrogen-bond donors (Lipinski definition) is 3. The summed E-state index contributed by atoms with van der Waals surface area (Å²) in [5.41, 5.74) is 4.59. The number of likely N-dealkylation sites (N-methyl/N-ethyl adjacent to an activating group) is 1. The molecule has 0 saturated carbocycles. The van der Waals surface area contributed by atoms with Crippen molar-refractivity contribution in [2.75, 3.05) is 26.0 Å². The summed E-state index contributed by atoms with van der Waals surface area (Å²) in [6, 6.07) is 8.39. The number of Topliss-reactive ketones (excluding diaryl/α,β-unsaturated/α-hetero) is 1. The van der Waals surface area contributed by atoms with Crippen LogP contribution < -0.4 is 20.7 Å². The Balaban J connectivity index is 1.39. The van der Waals surface area contributed by atoms with E-state index in [1.54, 1.807) is 26.0 Å². The number of ether oxygens (including phenoxy) is 1. The van der Waals surface area contributed by atoms with Gasteiger partial charge in [0.1, 0.15) is 23.9 Å². The molecule has 0 radical (unpaired) electrons. The number of fused-ring (bicyclic) bond motifs is 2. The number of anilines is 2. The van der Waals surface area contributed by atoms with Crippen LogP contribution in [0.3, 0.4) is 0 Å². The van der Waals surface area contributed by atoms with Gasteiger partial charge in [0.15, 0.2) is 5.78 Å². The van der Waals surface area contributed by atoms with Crippen LogP contribution in [-0.4, -0.2) is 71.3 Å². The topological polar surface area (TPSA) is 126 Å². The Hall–Kier alpha value is -4.05. The zero-order valence-corrected chi connectivity index (χ0v) is 26.6. The fourth-order valence-electron chi connectivity index (χ4n) is 6.23. The normalized spacial score (nSPS) is 17.7. The van der Waals surface area contributed by atoms with Crippen LogP contribution in [0.4, 0.5) is 11.5 Å². The largest absolute Gasteiger partial charge is 0.496 e. The highest BCUT2D eigenvalue weighted by Gasteiger charge is 2.42. The Labute approximate surface area is 259 Å². The van der Waals surface area contributed by atoms with E-state index in [0.717, 1.165) is 30.3 Å². The van der Waals surface area contributed by atoms with Crippen molar-refractivity contribution in [1.82, 2.24) is 25.5 Å². The molecule has 3 aromatic rings. The predicted molar refractivity (Wildman–Crippen MR) is 171 cm³/mol. The minimum atomic E-state index is -0.764. The van der Waals surface area contributed by atoms with Gasteiger partial charge in [0.25, 0.3) is 0 Å². The first-order valence-electron chi connectivity index (χ1n) is 15.5. The second-order valence-electron chi connectivity index (χ2n) is 13.0. The second-order valence-corrected chi connectivity index (χ2v) is 13.0. The fourth-order valence-corrected chi connectivity index (χ4v) is 6.23. The number of carbonyl (C=O) groups excluding carboxylic acids is 3. The number of aryl methyl sites for hydroxylation is 2. The van der Waals surface area contributed by atoms with Crippen LogP contribution in [0.5, 0.6) is 5.75 Å². The van der Waals surface area contributed by atoms with Crippen molar-refractivity contribution in [1.29, 1.82) is 0 Å². The first-order valence-corrected chi connectivity index (χ1v) is 15.5. The molecule has 2 amide bonds. The minimum absolute atomic E-state index is 0.0685. The van der Waals surface area contributed by atoms with Gasteiger partial charge in [0.2, 0.25) is 11.8 Å². The van der Waals surface area contributed by atoms with Crippen molar-refractivity contribution in [3.8, 4) is 5.75 Å². The molecule has 1 aromatic heterocycles. The molecule has 2 aromatic carbocycles. The number of aromatic nitrogens is 2. The van der Waals surface area contributed by atoms with Crippen LogP contribution in [0.25, 0.3) is 10.9 Å². The summed E-state index contributed by atoms with van der Waals surface area (Å²) in [6.07, 6.45) is 6.28. The molecule has 234 valence electrons. The van der Waals surface area contributed by atoms with Crippen molar-refractivity contribution < 1.29 is 19.1 Å². The maximum atomic E-state index is 13.9. The lowest BCUT2D eigenvalue weighted by Crippen LogP contribution is -2.58. The summed E-state index contributed by atoms with van der Waals surface area (Å²) in [4.78, 5) is 51.1. The van der Waals surface area contributed by atoms with E-state index in [-0.39, 0.29) is 24.0 Å². The highest BCUT2D eigenvalue weighted by Crippen LogP contribution is 2.33. The number of likely N-dealkylation sites (tertiary alicyclic amines) is 1. The SMILES string of the molecule is CN[C@@H](C)C(=O)N[C@H](C(=O)N1CCC[C@H]1C(=O)Cc1cc2c(Nc3ccc4c(c3)CCC4)ncnc2cc1OC)C(C)(C)C. The van der Waals surface area contributed by atoms with Crippen LogP contribution in [-0.2, 0) is 33.6 Å². The summed E-state index contributed by atoms with van der Waals surface area (Å²) < 4.78 is 5.69. The lowest BCUT2D eigenvalue weighted by molar-refractivity contribution is -0.143. The molecule has 44 heavy (non-hydrogen) atoms. The molecule has 3 N–H and O–H groups in total. The van der Waals surface area contributed by atoms with E-state index < -0.39 is 23.5 Å². The highest BCUT2D eigenvalue weighted by molar-refractivity contribution is 5.97. The molecule has 5 rings (SSSR count). The molecule has 2 heterocycles. The summed E-state index contributed by atoms with van der Waals surface area (Å²) in [5.74, 6) is 0.660. The molecular weight excluding hydrogens is 556 g/mol. The van der Waals surface area contributed by atoms with Crippen LogP contribution >= 0.6 is 0 Å². The van der Waals surface area contributed by atoms with Gasteiger partial charge in [-0.2, -0.15) is 0 Å². The summed E-state index contributed by atoms with van der Waals surface area (Å²) >= 11 is 0. The van der Waals surface area contributed by atoms with Crippen LogP contribution in [0, 0.1) is 5.41 Å². The van der Waals surface area contributed by atoms with Gasteiger partial charge in [-0.15, -0.1) is 0 Å². The van der Waals surface area contributed by atoms with Gasteiger partial charge in [-0.1, -0.05) is 26.8 Å². The van der Waals surface area contributed by atoms with E-state index in [0.29, 0.717) is 35.6 Å². The van der Waals surface area contributed by atoms with Crippen LogP contribution in [0.1, 0.15) is 63.6 Å². The molecule has 1 aliphatic carbocycles. The maximum Gasteiger partial charge on any atom is 0.246 e. The number of nitrogens with zero attached hydrogens (tertiary/aromatic N) is 3. The third kappa shape index (κ3) is 6.55. The van der Waals surface area contributed by atoms with Crippen LogP contribution in [0.2, 0.25) is 0 Å². The van der Waals surface area contributed by atoms with Gasteiger partial charge in [-0.05, 0) is 80.8 Å². The molecule has 1 fully saturated rings. The van der Waals surface area contributed by atoms with Gasteiger partial charge in [-0.25, -0.2) is 9.97 Å². The number of methoxy groups -OCH3 is 1. The van der Waals surface area contributed by atoms with Gasteiger partial charge in [-0.3, -0.25) is 14.4 Å². The Morgan fingerprint density at radius 2 is 1.84 bits per heavy atom. The quantitative estimate of drug-likeness (QED) is 0.318. The zero-order chi connectivity index (χ0) is 31.6. The lowest BCUT2D eigenvalue weighted by Gasteiger charge is -2.36. The highest BCUT2D eigenvalue weighted by atomic mass is 16.5. The lowest BCUT2D eigenvalue weighted by atomic mass is 9.85. The standard InChI is InChI=1S/C34H44N6O4/c1-20(35-5)32(42)39-30(34(2,3)4)33(43)40-14-8-11-27(40)28(41)17-23-16-25-26(18-29(23)44-6)36-19-37-31(25)38-24-13-12-21-9-7-10-22(21)15-24/h12-13,15-16,18-20,27,30,35H,7-11,14,17H2,1-6H3,(H,39,42)(H,36,37,38)/t20-,27-,30+/m0/s1. The number of hydrogen-bond acceptors (Lipinski definition) is 8. The molecule has 10 heteroatoms. The molecule has 3 atom stereocenters. The smallest absolute Gasteiger partial charge is 0.246 e. The average molecular weight is 601 g/mol. The second kappa shape index (κ2) is 12.9. The number of ketones is 1. The molecule has 10 nitrogen and oxygen atoms in total. The number of nitrogens with one attached hydrogen (secondary N) is 3. The molecule has 2 aliphatic rings. The number of amides is 2. The first kappa shape index (κ1) is 31.4. The molecule has 0 spiro atoms. The van der Waals surface area contributed by atoms with Crippen molar-refractivity contribution in [3.63, 3.8) is 0 Å². The number of benzene rings is 2. The van der Waals surface area contributed by atoms with E-state index >= 15 is 0 Å². The van der Waals surface area contributed by atoms with E-state index in [9.17, 15) is 14.4 Å². The number of carbonyl (C=O) groups is 3. The summed E-state index contributed by atoms with van der Waals surface area (Å²) in [5, 5.41) is 10.1. The van der Waals surface area contributed by atoms with Gasteiger partial charge in [0.05, 0.1) is 24.7 Å². The monoisotopic (exact) mass is 600 g/mol. The third-order valence-electron chi connectivity index (χ3n) is 8.90. The summed E-state index contributed by atoms with van der Waals surface area (Å²) in [7, 11) is 3.28. The summed E-state index contributed by atoms with van der Waals surface area (Å²) in [6.45, 7) is 7.97. The van der Waals surface area contributed by atoms with Crippen molar-refractivity contribution in [2.45, 2.75) is 84.3 Å². The Bertz CT molecular complexity index is 1570. The van der Waals surface area contributed by atoms with Gasteiger partial charge in [0, 0.05) is 35.7 Å². The average Bonchev–Trinajstić information content (AvgIpc) is 3.68. The van der Waals surface area contributed by atoms with E-state index in [1.165, 1.54) is 23.9 Å². The molecule has 1 saturated heterocycles. The third-order valence-corrected chi connectivity index (χ3v) is 8.90. The van der Waals surface area contributed by atoms with Crippen molar-refractivity contribution in [2.24, 2.45) is 5.41 Å². The Morgan fingerprint density at radius 1 is 1.07 bits per heavy atom. The van der Waals surface area contributed by atoms with E-state index in [1.807, 2.05) is 32.9 Å². The van der Waals surface area contributed by atoms with Gasteiger partial charge < -0.3 is 25.6 Å². The van der Waals surface area contributed by atoms with Crippen molar-refractivity contribution >= 4 is 40.0 Å². The van der Waals surface area contributed by atoms with Gasteiger partial charge >= 0.3 is 0 Å². The molecule has 1 aliphatic heterocycles.